The fourth-order valence-electron chi connectivity index (χ4n) is 2.99. The molecule has 2 heterocycles. The molecule has 18 heavy (non-hydrogen) atoms. The molecule has 1 spiro atoms. The Hall–Kier alpha value is -1.42. The van der Waals surface area contributed by atoms with Crippen LogP contribution in [0.15, 0.2) is 18.3 Å². The second kappa shape index (κ2) is 4.05. The van der Waals surface area contributed by atoms with E-state index in [0.717, 1.165) is 25.7 Å². The molecule has 0 N–H and O–H groups in total. The van der Waals surface area contributed by atoms with Gasteiger partial charge in [0.1, 0.15) is 0 Å². The highest BCUT2D eigenvalue weighted by molar-refractivity contribution is 6.35. The average Bonchev–Trinajstić information content (AvgIpc) is 2.89. The molecule has 1 aromatic heterocycles. The molecule has 5 heteroatoms. The quantitative estimate of drug-likeness (QED) is 0.733. The highest BCUT2D eigenvalue weighted by Gasteiger charge is 2.53. The Morgan fingerprint density at radius 1 is 1.28 bits per heavy atom. The maximum Gasteiger partial charge on any atom is 0.241 e. The van der Waals surface area contributed by atoms with Crippen molar-refractivity contribution in [1.82, 2.24) is 4.98 Å². The van der Waals surface area contributed by atoms with E-state index in [-0.39, 0.29) is 17.6 Å². The van der Waals surface area contributed by atoms with Crippen LogP contribution in [0.5, 0.6) is 0 Å². The third-order valence-corrected chi connectivity index (χ3v) is 4.20. The molecule has 3 rings (SSSR count). The van der Waals surface area contributed by atoms with E-state index in [9.17, 15) is 9.59 Å². The van der Waals surface area contributed by atoms with Gasteiger partial charge in [0.15, 0.2) is 5.82 Å². The molecule has 0 unspecified atom stereocenters. The lowest BCUT2D eigenvalue weighted by Gasteiger charge is -2.20. The minimum Gasteiger partial charge on any atom is -0.274 e. The van der Waals surface area contributed by atoms with Gasteiger partial charge in [-0.3, -0.25) is 9.59 Å². The number of nitrogens with zero attached hydrogens (tertiary/aromatic N) is 2. The summed E-state index contributed by atoms with van der Waals surface area (Å²) in [4.78, 5) is 29.8. The number of carbonyl (C=O) groups excluding carboxylic acids is 2. The van der Waals surface area contributed by atoms with E-state index >= 15 is 0 Å². The average molecular weight is 265 g/mol. The van der Waals surface area contributed by atoms with Crippen LogP contribution in [-0.4, -0.2) is 16.8 Å². The van der Waals surface area contributed by atoms with Gasteiger partial charge in [0.2, 0.25) is 11.8 Å². The Balaban J connectivity index is 2.01. The van der Waals surface area contributed by atoms with Crippen LogP contribution in [0.2, 0.25) is 5.02 Å². The minimum atomic E-state index is -0.474. The van der Waals surface area contributed by atoms with Crippen molar-refractivity contribution in [2.75, 3.05) is 4.90 Å². The first-order valence-electron chi connectivity index (χ1n) is 6.12. The maximum absolute atomic E-state index is 12.5. The predicted octanol–water partition coefficient (Wildman–Crippen LogP) is 2.56. The summed E-state index contributed by atoms with van der Waals surface area (Å²) in [6.07, 6.45) is 5.49. The fourth-order valence-corrected chi connectivity index (χ4v) is 3.20. The molecule has 1 saturated carbocycles. The van der Waals surface area contributed by atoms with Crippen LogP contribution in [0.25, 0.3) is 0 Å². The normalized spacial score (nSPS) is 22.2. The number of carbonyl (C=O) groups is 2. The van der Waals surface area contributed by atoms with Crippen molar-refractivity contribution in [3.05, 3.63) is 23.4 Å². The number of halogens is 1. The molecule has 1 aliphatic heterocycles. The number of pyridine rings is 1. The van der Waals surface area contributed by atoms with Crippen LogP contribution in [0.1, 0.15) is 32.1 Å². The summed E-state index contributed by atoms with van der Waals surface area (Å²) in [6, 6.07) is 3.33. The highest BCUT2D eigenvalue weighted by atomic mass is 35.5. The number of amides is 2. The number of imide groups is 1. The monoisotopic (exact) mass is 264 g/mol. The number of aromatic nitrogens is 1. The largest absolute Gasteiger partial charge is 0.274 e. The van der Waals surface area contributed by atoms with Crippen LogP contribution in [0, 0.1) is 5.41 Å². The summed E-state index contributed by atoms with van der Waals surface area (Å²) in [5, 5.41) is 0.342. The lowest BCUT2D eigenvalue weighted by Crippen LogP contribution is -2.35. The van der Waals surface area contributed by atoms with Gasteiger partial charge in [-0.1, -0.05) is 24.4 Å². The Kier molecular flexibility index (Phi) is 2.63. The Morgan fingerprint density at radius 2 is 2.00 bits per heavy atom. The molecule has 94 valence electrons. The van der Waals surface area contributed by atoms with Crippen molar-refractivity contribution in [3.8, 4) is 0 Å². The molecular formula is C13H13ClN2O2. The molecule has 1 aromatic rings. The molecule has 0 atom stereocenters. The molecule has 1 saturated heterocycles. The second-order valence-corrected chi connectivity index (χ2v) is 5.41. The van der Waals surface area contributed by atoms with Crippen molar-refractivity contribution in [1.29, 1.82) is 0 Å². The first kappa shape index (κ1) is 11.7. The van der Waals surface area contributed by atoms with Gasteiger partial charge in [-0.05, 0) is 25.0 Å². The molecule has 2 amide bonds. The number of hydrogen-bond acceptors (Lipinski definition) is 3. The van der Waals surface area contributed by atoms with E-state index in [2.05, 4.69) is 4.98 Å². The van der Waals surface area contributed by atoms with Crippen LogP contribution in [0.3, 0.4) is 0 Å². The number of anilines is 1. The van der Waals surface area contributed by atoms with Crippen molar-refractivity contribution >= 4 is 29.2 Å². The van der Waals surface area contributed by atoms with Crippen molar-refractivity contribution in [3.63, 3.8) is 0 Å². The number of rotatable bonds is 1. The lowest BCUT2D eigenvalue weighted by molar-refractivity contribution is -0.125. The molecule has 2 aliphatic rings. The summed E-state index contributed by atoms with van der Waals surface area (Å²) in [5.74, 6) is -0.0222. The van der Waals surface area contributed by atoms with E-state index in [1.54, 1.807) is 18.3 Å². The fraction of sp³-hybridized carbons (Fsp3) is 0.462. The molecular weight excluding hydrogens is 252 g/mol. The Bertz CT molecular complexity index is 523. The Labute approximate surface area is 110 Å². The molecule has 0 radical (unpaired) electrons. The van der Waals surface area contributed by atoms with Gasteiger partial charge in [0.05, 0.1) is 10.4 Å². The zero-order valence-electron chi connectivity index (χ0n) is 9.86. The molecule has 0 aromatic carbocycles. The van der Waals surface area contributed by atoms with Gasteiger partial charge in [-0.15, -0.1) is 0 Å². The zero-order chi connectivity index (χ0) is 12.8. The predicted molar refractivity (Wildman–Crippen MR) is 67.3 cm³/mol. The standard InChI is InChI=1S/C13H13ClN2O2/c14-9-4-3-7-15-11(9)16-10(17)8-13(12(16)18)5-1-2-6-13/h3-4,7H,1-2,5-6,8H2. The Morgan fingerprint density at radius 3 is 2.67 bits per heavy atom. The molecule has 2 fully saturated rings. The third kappa shape index (κ3) is 1.56. The zero-order valence-corrected chi connectivity index (χ0v) is 10.6. The van der Waals surface area contributed by atoms with E-state index in [1.807, 2.05) is 0 Å². The van der Waals surface area contributed by atoms with Crippen LogP contribution in [0.4, 0.5) is 5.82 Å². The van der Waals surface area contributed by atoms with E-state index in [4.69, 9.17) is 11.6 Å². The third-order valence-electron chi connectivity index (χ3n) is 3.91. The first-order chi connectivity index (χ1) is 8.64. The summed E-state index contributed by atoms with van der Waals surface area (Å²) >= 11 is 6.02. The van der Waals surface area contributed by atoms with Crippen molar-refractivity contribution < 1.29 is 9.59 Å². The van der Waals surface area contributed by atoms with Gasteiger partial charge in [0.25, 0.3) is 0 Å². The minimum absolute atomic E-state index is 0.120. The van der Waals surface area contributed by atoms with Crippen molar-refractivity contribution in [2.45, 2.75) is 32.1 Å². The summed E-state index contributed by atoms with van der Waals surface area (Å²) < 4.78 is 0. The molecule has 4 nitrogen and oxygen atoms in total. The van der Waals surface area contributed by atoms with Crippen molar-refractivity contribution in [2.24, 2.45) is 5.41 Å². The molecule has 0 bridgehead atoms. The van der Waals surface area contributed by atoms with Gasteiger partial charge in [-0.25, -0.2) is 9.88 Å². The van der Waals surface area contributed by atoms with Crippen LogP contribution in [-0.2, 0) is 9.59 Å². The summed E-state index contributed by atoms with van der Waals surface area (Å²) in [5.41, 5.74) is -0.474. The van der Waals surface area contributed by atoms with Crippen LogP contribution < -0.4 is 4.90 Å². The van der Waals surface area contributed by atoms with E-state index in [1.165, 1.54) is 4.90 Å². The summed E-state index contributed by atoms with van der Waals surface area (Å²) in [7, 11) is 0. The van der Waals surface area contributed by atoms with Gasteiger partial charge < -0.3 is 0 Å². The highest BCUT2D eigenvalue weighted by Crippen LogP contribution is 2.48. The first-order valence-corrected chi connectivity index (χ1v) is 6.50. The second-order valence-electron chi connectivity index (χ2n) is 5.01. The lowest BCUT2D eigenvalue weighted by atomic mass is 9.84. The van der Waals surface area contributed by atoms with Gasteiger partial charge in [0, 0.05) is 12.6 Å². The molecule has 1 aliphatic carbocycles. The SMILES string of the molecule is O=C1CC2(CCCC2)C(=O)N1c1ncccc1Cl. The smallest absolute Gasteiger partial charge is 0.241 e. The van der Waals surface area contributed by atoms with Gasteiger partial charge >= 0.3 is 0 Å². The van der Waals surface area contributed by atoms with Crippen LogP contribution >= 0.6 is 11.6 Å². The summed E-state index contributed by atoms with van der Waals surface area (Å²) in [6.45, 7) is 0. The number of hydrogen-bond donors (Lipinski definition) is 0. The maximum atomic E-state index is 12.5. The topological polar surface area (TPSA) is 50.3 Å². The van der Waals surface area contributed by atoms with Gasteiger partial charge in [-0.2, -0.15) is 0 Å². The van der Waals surface area contributed by atoms with E-state index in [0.29, 0.717) is 11.4 Å². The van der Waals surface area contributed by atoms with E-state index < -0.39 is 5.41 Å².